The summed E-state index contributed by atoms with van der Waals surface area (Å²) in [6.45, 7) is 2.24. The number of sulfonamides is 1. The zero-order valence-corrected chi connectivity index (χ0v) is 12.3. The van der Waals surface area contributed by atoms with Gasteiger partial charge in [-0.1, -0.05) is 13.3 Å². The van der Waals surface area contributed by atoms with Crippen LogP contribution < -0.4 is 10.0 Å². The van der Waals surface area contributed by atoms with Gasteiger partial charge in [-0.05, 0) is 56.5 Å². The lowest BCUT2D eigenvalue weighted by Gasteiger charge is -2.14. The van der Waals surface area contributed by atoms with Gasteiger partial charge in [0.2, 0.25) is 10.0 Å². The normalized spacial score (nSPS) is 23.5. The summed E-state index contributed by atoms with van der Waals surface area (Å²) in [5, 5.41) is 3.49. The van der Waals surface area contributed by atoms with E-state index in [-0.39, 0.29) is 0 Å². The summed E-state index contributed by atoms with van der Waals surface area (Å²) in [7, 11) is -1.91. The van der Waals surface area contributed by atoms with E-state index in [9.17, 15) is 8.42 Å². The number of nitrogens with one attached hydrogen (secondary N) is 2. The smallest absolute Gasteiger partial charge is 0.240 e. The van der Waals surface area contributed by atoms with E-state index in [1.807, 2.05) is 12.1 Å². The van der Waals surface area contributed by atoms with Crippen LogP contribution in [0.25, 0.3) is 0 Å². The van der Waals surface area contributed by atoms with Crippen molar-refractivity contribution in [2.24, 2.45) is 5.92 Å². The monoisotopic (exact) mass is 282 g/mol. The molecule has 5 heteroatoms. The maximum atomic E-state index is 11.6. The minimum Gasteiger partial charge on any atom is -0.382 e. The Labute approximate surface area is 115 Å². The van der Waals surface area contributed by atoms with Crippen molar-refractivity contribution in [2.75, 3.05) is 12.4 Å². The molecule has 0 aromatic heterocycles. The van der Waals surface area contributed by atoms with Crippen molar-refractivity contribution in [2.45, 2.75) is 43.5 Å². The molecule has 0 spiro atoms. The molecule has 2 rings (SSSR count). The lowest BCUT2D eigenvalue weighted by molar-refractivity contribution is 0.525. The summed E-state index contributed by atoms with van der Waals surface area (Å²) in [5.74, 6) is 0.835. The van der Waals surface area contributed by atoms with Crippen molar-refractivity contribution in [3.05, 3.63) is 24.3 Å². The van der Waals surface area contributed by atoms with Gasteiger partial charge < -0.3 is 5.32 Å². The number of hydrogen-bond donors (Lipinski definition) is 2. The van der Waals surface area contributed by atoms with Crippen molar-refractivity contribution in [1.82, 2.24) is 4.72 Å². The van der Waals surface area contributed by atoms with Crippen molar-refractivity contribution >= 4 is 15.7 Å². The van der Waals surface area contributed by atoms with Crippen molar-refractivity contribution < 1.29 is 8.42 Å². The van der Waals surface area contributed by atoms with Crippen LogP contribution in [0.1, 0.15) is 32.6 Å². The lowest BCUT2D eigenvalue weighted by atomic mass is 10.1. The summed E-state index contributed by atoms with van der Waals surface area (Å²) in [5.41, 5.74) is 0.997. The molecule has 2 unspecified atom stereocenters. The van der Waals surface area contributed by atoms with Gasteiger partial charge in [-0.15, -0.1) is 0 Å². The van der Waals surface area contributed by atoms with Crippen LogP contribution in [0.3, 0.4) is 0 Å². The molecule has 1 aromatic carbocycles. The highest BCUT2D eigenvalue weighted by molar-refractivity contribution is 7.89. The Balaban J connectivity index is 2.00. The summed E-state index contributed by atoms with van der Waals surface area (Å²) in [4.78, 5) is 0.304. The van der Waals surface area contributed by atoms with E-state index in [1.54, 1.807) is 12.1 Å². The minimum absolute atomic E-state index is 0.304. The second-order valence-electron chi connectivity index (χ2n) is 5.16. The van der Waals surface area contributed by atoms with Gasteiger partial charge in [0.05, 0.1) is 4.90 Å². The van der Waals surface area contributed by atoms with Gasteiger partial charge in [-0.2, -0.15) is 0 Å². The molecule has 1 fully saturated rings. The van der Waals surface area contributed by atoms with E-state index in [0.29, 0.717) is 10.9 Å². The molecule has 0 aliphatic heterocycles. The highest BCUT2D eigenvalue weighted by Crippen LogP contribution is 2.30. The predicted molar refractivity (Wildman–Crippen MR) is 77.7 cm³/mol. The van der Waals surface area contributed by atoms with Crippen LogP contribution in [-0.2, 0) is 10.0 Å². The highest BCUT2D eigenvalue weighted by Gasteiger charge is 2.23. The second-order valence-corrected chi connectivity index (χ2v) is 7.05. The Bertz CT molecular complexity index is 511. The fraction of sp³-hybridized carbons (Fsp3) is 0.571. The van der Waals surface area contributed by atoms with Crippen LogP contribution in [0.5, 0.6) is 0 Å². The van der Waals surface area contributed by atoms with Gasteiger partial charge in [0.15, 0.2) is 0 Å². The Morgan fingerprint density at radius 1 is 1.21 bits per heavy atom. The predicted octanol–water partition coefficient (Wildman–Crippen LogP) is 2.59. The Morgan fingerprint density at radius 2 is 1.89 bits per heavy atom. The van der Waals surface area contributed by atoms with Gasteiger partial charge in [0, 0.05) is 11.7 Å². The van der Waals surface area contributed by atoms with Crippen LogP contribution in [-0.4, -0.2) is 21.5 Å². The van der Waals surface area contributed by atoms with Crippen LogP contribution in [0.4, 0.5) is 5.69 Å². The van der Waals surface area contributed by atoms with Crippen molar-refractivity contribution in [3.63, 3.8) is 0 Å². The Hall–Kier alpha value is -1.07. The second kappa shape index (κ2) is 5.92. The van der Waals surface area contributed by atoms with E-state index < -0.39 is 10.0 Å². The largest absolute Gasteiger partial charge is 0.382 e. The fourth-order valence-corrected chi connectivity index (χ4v) is 3.39. The molecule has 0 amide bonds. The molecule has 4 nitrogen and oxygen atoms in total. The maximum Gasteiger partial charge on any atom is 0.240 e. The van der Waals surface area contributed by atoms with E-state index in [0.717, 1.165) is 11.6 Å². The average Bonchev–Trinajstić information content (AvgIpc) is 2.87. The first-order valence-electron chi connectivity index (χ1n) is 6.85. The molecule has 1 aliphatic rings. The summed E-state index contributed by atoms with van der Waals surface area (Å²) in [6, 6.07) is 7.48. The lowest BCUT2D eigenvalue weighted by Crippen LogP contribution is -2.19. The molecule has 19 heavy (non-hydrogen) atoms. The van der Waals surface area contributed by atoms with Gasteiger partial charge in [0.25, 0.3) is 0 Å². The highest BCUT2D eigenvalue weighted by atomic mass is 32.2. The quantitative estimate of drug-likeness (QED) is 0.872. The summed E-state index contributed by atoms with van der Waals surface area (Å²) in [6.07, 6.45) is 4.96. The van der Waals surface area contributed by atoms with Gasteiger partial charge >= 0.3 is 0 Å². The maximum absolute atomic E-state index is 11.6. The van der Waals surface area contributed by atoms with E-state index in [1.165, 1.54) is 32.7 Å². The zero-order valence-electron chi connectivity index (χ0n) is 11.5. The molecular formula is C14H22N2O2S. The van der Waals surface area contributed by atoms with Crippen LogP contribution in [0, 0.1) is 5.92 Å². The summed E-state index contributed by atoms with van der Waals surface area (Å²) >= 11 is 0. The van der Waals surface area contributed by atoms with Crippen LogP contribution >= 0.6 is 0 Å². The molecule has 2 N–H and O–H groups in total. The Morgan fingerprint density at radius 3 is 2.42 bits per heavy atom. The molecule has 1 aromatic rings. The molecule has 1 aliphatic carbocycles. The fourth-order valence-electron chi connectivity index (χ4n) is 2.66. The zero-order chi connectivity index (χ0) is 13.9. The first-order chi connectivity index (χ1) is 9.05. The molecule has 0 bridgehead atoms. The van der Waals surface area contributed by atoms with Crippen LogP contribution in [0.15, 0.2) is 29.2 Å². The third-order valence-electron chi connectivity index (χ3n) is 3.92. The molecule has 0 saturated heterocycles. The van der Waals surface area contributed by atoms with E-state index >= 15 is 0 Å². The van der Waals surface area contributed by atoms with Crippen molar-refractivity contribution in [3.8, 4) is 0 Å². The van der Waals surface area contributed by atoms with Crippen LogP contribution in [0.2, 0.25) is 0 Å². The van der Waals surface area contributed by atoms with Gasteiger partial charge in [-0.3, -0.25) is 0 Å². The number of hydrogen-bond acceptors (Lipinski definition) is 3. The molecule has 1 saturated carbocycles. The SMILES string of the molecule is CCC1CCC(Nc2ccc(S(=O)(=O)NC)cc2)C1. The number of anilines is 1. The Kier molecular flexibility index (Phi) is 4.47. The first kappa shape index (κ1) is 14.3. The third kappa shape index (κ3) is 3.48. The topological polar surface area (TPSA) is 58.2 Å². The van der Waals surface area contributed by atoms with Crippen molar-refractivity contribution in [1.29, 1.82) is 0 Å². The summed E-state index contributed by atoms with van der Waals surface area (Å²) < 4.78 is 25.5. The van der Waals surface area contributed by atoms with E-state index in [2.05, 4.69) is 17.0 Å². The molecule has 0 radical (unpaired) electrons. The third-order valence-corrected chi connectivity index (χ3v) is 5.35. The first-order valence-corrected chi connectivity index (χ1v) is 8.33. The molecule has 106 valence electrons. The van der Waals surface area contributed by atoms with E-state index in [4.69, 9.17) is 0 Å². The minimum atomic E-state index is -3.33. The number of rotatable bonds is 5. The van der Waals surface area contributed by atoms with Gasteiger partial charge in [-0.25, -0.2) is 13.1 Å². The molecule has 2 atom stereocenters. The van der Waals surface area contributed by atoms with Gasteiger partial charge in [0.1, 0.15) is 0 Å². The molecule has 0 heterocycles. The average molecular weight is 282 g/mol. The molecular weight excluding hydrogens is 260 g/mol. The number of benzene rings is 1. The standard InChI is InChI=1S/C14H22N2O2S/c1-3-11-4-5-13(10-11)16-12-6-8-14(9-7-12)19(17,18)15-2/h6-9,11,13,15-16H,3-5,10H2,1-2H3.